The summed E-state index contributed by atoms with van der Waals surface area (Å²) in [5.41, 5.74) is -2.13. The molecule has 0 aliphatic heterocycles. The van der Waals surface area contributed by atoms with E-state index >= 15 is 0 Å². The Kier molecular flexibility index (Phi) is 3.12. The Labute approximate surface area is 94.3 Å². The van der Waals surface area contributed by atoms with Gasteiger partial charge in [-0.05, 0) is 40.5 Å². The van der Waals surface area contributed by atoms with Crippen LogP contribution in [0.5, 0.6) is 0 Å². The summed E-state index contributed by atoms with van der Waals surface area (Å²) in [6, 6.07) is 7.32. The molecule has 1 atom stereocenters. The van der Waals surface area contributed by atoms with Gasteiger partial charge < -0.3 is 5.11 Å². The van der Waals surface area contributed by atoms with Gasteiger partial charge in [-0.3, -0.25) is 0 Å². The molecule has 80 valence electrons. The van der Waals surface area contributed by atoms with E-state index < -0.39 is 10.4 Å². The fourth-order valence-corrected chi connectivity index (χ4v) is 1.28. The lowest BCUT2D eigenvalue weighted by Crippen LogP contribution is -2.37. The molecule has 0 aliphatic carbocycles. The van der Waals surface area contributed by atoms with Gasteiger partial charge in [0.2, 0.25) is 0 Å². The molecule has 0 aromatic heterocycles. The minimum absolute atomic E-state index is 0.0107. The van der Waals surface area contributed by atoms with Crippen molar-refractivity contribution in [3.8, 4) is 6.07 Å². The Hall–Kier alpha value is -0.990. The fraction of sp³-hybridized carbons (Fsp3) is 0.300. The van der Waals surface area contributed by atoms with E-state index in [1.807, 2.05) is 6.07 Å². The molecular weight excluding hydrogens is 268 g/mol. The number of hydrogen-bond donors (Lipinski definition) is 1. The molecule has 0 spiro atoms. The maximum atomic E-state index is 13.0. The van der Waals surface area contributed by atoms with Crippen molar-refractivity contribution >= 4 is 15.9 Å². The number of hydrogen-bond acceptors (Lipinski definition) is 2. The number of benzene rings is 1. The van der Waals surface area contributed by atoms with E-state index in [2.05, 4.69) is 15.9 Å². The third-order valence-electron chi connectivity index (χ3n) is 2.11. The lowest BCUT2D eigenvalue weighted by Gasteiger charge is -2.28. The van der Waals surface area contributed by atoms with E-state index in [4.69, 9.17) is 5.26 Å². The zero-order chi connectivity index (χ0) is 11.7. The monoisotopic (exact) mass is 275 g/mol. The number of alkyl halides is 3. The lowest BCUT2D eigenvalue weighted by molar-refractivity contribution is -0.109. The van der Waals surface area contributed by atoms with Gasteiger partial charge in [-0.2, -0.15) is 14.0 Å². The highest BCUT2D eigenvalue weighted by Gasteiger charge is 2.48. The molecule has 0 bridgehead atoms. The minimum atomic E-state index is -3.45. The molecule has 1 N–H and O–H groups in total. The van der Waals surface area contributed by atoms with E-state index in [0.717, 1.165) is 6.92 Å². The van der Waals surface area contributed by atoms with E-state index in [-0.39, 0.29) is 11.1 Å². The molecule has 2 nitrogen and oxygen atoms in total. The number of aliphatic hydroxyl groups is 1. The minimum Gasteiger partial charge on any atom is -0.378 e. The van der Waals surface area contributed by atoms with Crippen molar-refractivity contribution in [3.63, 3.8) is 0 Å². The van der Waals surface area contributed by atoms with E-state index in [1.165, 1.54) is 24.3 Å². The first kappa shape index (κ1) is 12.1. The van der Waals surface area contributed by atoms with Gasteiger partial charge in [0.05, 0.1) is 11.6 Å². The van der Waals surface area contributed by atoms with Gasteiger partial charge in [0.15, 0.2) is 5.60 Å². The van der Waals surface area contributed by atoms with Crippen molar-refractivity contribution < 1.29 is 13.9 Å². The normalized spacial score (nSPS) is 15.5. The highest BCUT2D eigenvalue weighted by molar-refractivity contribution is 9.10. The third kappa shape index (κ3) is 2.33. The van der Waals surface area contributed by atoms with Crippen LogP contribution in [0.2, 0.25) is 0 Å². The first-order valence-electron chi connectivity index (χ1n) is 4.09. The molecule has 0 heterocycles. The second-order valence-corrected chi connectivity index (χ2v) is 4.26. The van der Waals surface area contributed by atoms with E-state index in [9.17, 15) is 13.9 Å². The molecule has 0 aliphatic rings. The molecule has 0 saturated carbocycles. The number of rotatable bonds is 2. The first-order chi connectivity index (χ1) is 6.79. The van der Waals surface area contributed by atoms with Crippen LogP contribution in [-0.4, -0.2) is 9.94 Å². The van der Waals surface area contributed by atoms with E-state index in [0.29, 0.717) is 0 Å². The van der Waals surface area contributed by atoms with Crippen LogP contribution in [0.15, 0.2) is 24.3 Å². The van der Waals surface area contributed by atoms with Gasteiger partial charge in [0, 0.05) is 0 Å². The Morgan fingerprint density at radius 3 is 2.53 bits per heavy atom. The van der Waals surface area contributed by atoms with Crippen molar-refractivity contribution in [2.45, 2.75) is 17.4 Å². The van der Waals surface area contributed by atoms with Crippen LogP contribution in [0.4, 0.5) is 8.78 Å². The van der Waals surface area contributed by atoms with Crippen molar-refractivity contribution in [1.82, 2.24) is 0 Å². The predicted molar refractivity (Wildman–Crippen MR) is 54.6 cm³/mol. The summed E-state index contributed by atoms with van der Waals surface area (Å²) < 4.78 is 26.0. The summed E-state index contributed by atoms with van der Waals surface area (Å²) in [6.07, 6.45) is 0. The molecule has 0 saturated heterocycles. The van der Waals surface area contributed by atoms with Crippen LogP contribution in [0.25, 0.3) is 0 Å². The van der Waals surface area contributed by atoms with Crippen LogP contribution < -0.4 is 0 Å². The summed E-state index contributed by atoms with van der Waals surface area (Å²) in [5.74, 6) is 0. The van der Waals surface area contributed by atoms with Crippen molar-refractivity contribution in [2.24, 2.45) is 0 Å². The maximum Gasteiger partial charge on any atom is 0.333 e. The van der Waals surface area contributed by atoms with Crippen molar-refractivity contribution in [3.05, 3.63) is 35.4 Å². The standard InChI is InChI=1S/C10H8BrF2NO/c1-9(15,10(11,12)13)8-4-2-3-7(5-8)6-14/h2-5,15H,1H3. The molecule has 1 unspecified atom stereocenters. The molecule has 0 fully saturated rings. The molecule has 1 aromatic rings. The molecule has 15 heavy (non-hydrogen) atoms. The maximum absolute atomic E-state index is 13.0. The highest BCUT2D eigenvalue weighted by atomic mass is 79.9. The molecular formula is C10H8BrF2NO. The van der Waals surface area contributed by atoms with Crippen LogP contribution in [-0.2, 0) is 5.60 Å². The fourth-order valence-electron chi connectivity index (χ4n) is 1.06. The van der Waals surface area contributed by atoms with Gasteiger partial charge in [-0.1, -0.05) is 12.1 Å². The number of nitriles is 1. The van der Waals surface area contributed by atoms with Crippen LogP contribution in [0.1, 0.15) is 18.1 Å². The summed E-state index contributed by atoms with van der Waals surface area (Å²) in [6.45, 7) is 0.984. The summed E-state index contributed by atoms with van der Waals surface area (Å²) in [4.78, 5) is -3.45. The second kappa shape index (κ2) is 3.87. The SMILES string of the molecule is CC(O)(c1cccc(C#N)c1)C(F)(F)Br. The predicted octanol–water partition coefficient (Wildman–Crippen LogP) is 2.75. The third-order valence-corrected chi connectivity index (χ3v) is 2.88. The smallest absolute Gasteiger partial charge is 0.333 e. The van der Waals surface area contributed by atoms with Crippen molar-refractivity contribution in [1.29, 1.82) is 5.26 Å². The summed E-state index contributed by atoms with van der Waals surface area (Å²) in [5, 5.41) is 18.2. The quantitative estimate of drug-likeness (QED) is 0.844. The second-order valence-electron chi connectivity index (χ2n) is 3.26. The summed E-state index contributed by atoms with van der Waals surface area (Å²) in [7, 11) is 0. The van der Waals surface area contributed by atoms with Crippen LogP contribution in [0, 0.1) is 11.3 Å². The number of halogens is 3. The number of nitrogens with zero attached hydrogens (tertiary/aromatic N) is 1. The molecule has 0 radical (unpaired) electrons. The Balaban J connectivity index is 3.23. The average molecular weight is 276 g/mol. The Bertz CT molecular complexity index is 407. The Morgan fingerprint density at radius 1 is 1.47 bits per heavy atom. The molecule has 1 rings (SSSR count). The molecule has 0 amide bonds. The van der Waals surface area contributed by atoms with Gasteiger partial charge in [-0.15, -0.1) is 0 Å². The Morgan fingerprint density at radius 2 is 2.07 bits per heavy atom. The van der Waals surface area contributed by atoms with Gasteiger partial charge in [0.1, 0.15) is 0 Å². The van der Waals surface area contributed by atoms with Gasteiger partial charge in [-0.25, -0.2) is 0 Å². The highest BCUT2D eigenvalue weighted by Crippen LogP contribution is 2.41. The van der Waals surface area contributed by atoms with Gasteiger partial charge >= 0.3 is 4.83 Å². The first-order valence-corrected chi connectivity index (χ1v) is 4.88. The van der Waals surface area contributed by atoms with Crippen LogP contribution >= 0.6 is 15.9 Å². The summed E-state index contributed by atoms with van der Waals surface area (Å²) >= 11 is 2.12. The topological polar surface area (TPSA) is 44.0 Å². The zero-order valence-corrected chi connectivity index (χ0v) is 9.42. The van der Waals surface area contributed by atoms with Crippen molar-refractivity contribution in [2.75, 3.05) is 0 Å². The molecule has 1 aromatic carbocycles. The van der Waals surface area contributed by atoms with Gasteiger partial charge in [0.25, 0.3) is 0 Å². The average Bonchev–Trinajstić information content (AvgIpc) is 2.16. The van der Waals surface area contributed by atoms with E-state index in [1.54, 1.807) is 0 Å². The zero-order valence-electron chi connectivity index (χ0n) is 7.84. The largest absolute Gasteiger partial charge is 0.378 e. The van der Waals surface area contributed by atoms with Crippen LogP contribution in [0.3, 0.4) is 0 Å². The molecule has 5 heteroatoms. The lowest BCUT2D eigenvalue weighted by atomic mass is 9.95.